The number of carbonyl (C=O) groups is 1. The van der Waals surface area contributed by atoms with E-state index in [0.29, 0.717) is 0 Å². The summed E-state index contributed by atoms with van der Waals surface area (Å²) < 4.78 is 5.67. The largest absolute Gasteiger partial charge is 0.444 e. The monoisotopic (exact) mass is 317 g/mol. The van der Waals surface area contributed by atoms with E-state index >= 15 is 0 Å². The summed E-state index contributed by atoms with van der Waals surface area (Å²) in [7, 11) is 0. The first-order valence-electron chi connectivity index (χ1n) is 8.48. The van der Waals surface area contributed by atoms with Crippen LogP contribution < -0.4 is 0 Å². The Morgan fingerprint density at radius 2 is 1.70 bits per heavy atom. The van der Waals surface area contributed by atoms with Gasteiger partial charge in [-0.2, -0.15) is 0 Å². The number of hydrogen-bond donors (Lipinski definition) is 1. The van der Waals surface area contributed by atoms with Crippen molar-refractivity contribution in [3.63, 3.8) is 0 Å². The number of amides is 1. The molecule has 2 bridgehead atoms. The molecule has 0 saturated carbocycles. The summed E-state index contributed by atoms with van der Waals surface area (Å²) in [6.07, 6.45) is 4.13. The molecular weight excluding hydrogens is 290 g/mol. The van der Waals surface area contributed by atoms with Crippen LogP contribution in [0.2, 0.25) is 0 Å². The smallest absolute Gasteiger partial charge is 0.411 e. The van der Waals surface area contributed by atoms with Crippen molar-refractivity contribution in [3.8, 4) is 0 Å². The molecule has 126 valence electrons. The van der Waals surface area contributed by atoms with Gasteiger partial charge in [0, 0.05) is 0 Å². The number of benzene rings is 1. The third kappa shape index (κ3) is 2.85. The Morgan fingerprint density at radius 1 is 1.13 bits per heavy atom. The van der Waals surface area contributed by atoms with E-state index < -0.39 is 11.1 Å². The summed E-state index contributed by atoms with van der Waals surface area (Å²) in [5, 5.41) is 9.99. The van der Waals surface area contributed by atoms with Gasteiger partial charge in [0.05, 0.1) is 17.7 Å². The highest BCUT2D eigenvalue weighted by molar-refractivity contribution is 5.72. The molecule has 2 aliphatic rings. The molecule has 1 N–H and O–H groups in total. The van der Waals surface area contributed by atoms with Gasteiger partial charge >= 0.3 is 6.09 Å². The highest BCUT2D eigenvalue weighted by atomic mass is 16.6. The first-order valence-corrected chi connectivity index (χ1v) is 8.48. The fourth-order valence-electron chi connectivity index (χ4n) is 4.29. The minimum Gasteiger partial charge on any atom is -0.444 e. The SMILES string of the molecule is CC(C)(C)OC(=O)N1C2(CO)CCC1(Cc1ccccc1)CC2. The number of ether oxygens (including phenoxy) is 1. The molecule has 0 radical (unpaired) electrons. The van der Waals surface area contributed by atoms with Crippen molar-refractivity contribution in [2.24, 2.45) is 0 Å². The zero-order valence-electron chi connectivity index (χ0n) is 14.3. The van der Waals surface area contributed by atoms with Crippen LogP contribution in [0.4, 0.5) is 4.79 Å². The maximum atomic E-state index is 12.9. The quantitative estimate of drug-likeness (QED) is 0.928. The molecule has 1 aromatic carbocycles. The predicted molar refractivity (Wildman–Crippen MR) is 89.2 cm³/mol. The fourth-order valence-corrected chi connectivity index (χ4v) is 4.29. The molecular formula is C19H27NO3. The van der Waals surface area contributed by atoms with Gasteiger partial charge in [0.2, 0.25) is 0 Å². The van der Waals surface area contributed by atoms with Crippen LogP contribution in [0.5, 0.6) is 0 Å². The van der Waals surface area contributed by atoms with Crippen LogP contribution in [0.1, 0.15) is 52.0 Å². The number of carbonyl (C=O) groups excluding carboxylic acids is 1. The molecule has 0 atom stereocenters. The minimum absolute atomic E-state index is 0.0166. The molecule has 23 heavy (non-hydrogen) atoms. The van der Waals surface area contributed by atoms with E-state index in [1.54, 1.807) is 0 Å². The zero-order chi connectivity index (χ0) is 16.7. The molecule has 0 aliphatic carbocycles. The lowest BCUT2D eigenvalue weighted by Gasteiger charge is -2.39. The zero-order valence-corrected chi connectivity index (χ0v) is 14.3. The van der Waals surface area contributed by atoms with E-state index in [-0.39, 0.29) is 18.2 Å². The molecule has 1 aromatic rings. The highest BCUT2D eigenvalue weighted by Crippen LogP contribution is 2.55. The third-order valence-corrected chi connectivity index (χ3v) is 5.31. The Balaban J connectivity index is 1.91. The van der Waals surface area contributed by atoms with E-state index in [1.165, 1.54) is 5.56 Å². The molecule has 4 nitrogen and oxygen atoms in total. The molecule has 0 spiro atoms. The summed E-state index contributed by atoms with van der Waals surface area (Å²) in [5.74, 6) is 0. The van der Waals surface area contributed by atoms with E-state index in [4.69, 9.17) is 4.74 Å². The maximum Gasteiger partial charge on any atom is 0.411 e. The second-order valence-electron chi connectivity index (χ2n) is 8.08. The first-order chi connectivity index (χ1) is 10.8. The van der Waals surface area contributed by atoms with Gasteiger partial charge in [0.15, 0.2) is 0 Å². The van der Waals surface area contributed by atoms with Crippen molar-refractivity contribution in [2.45, 2.75) is 69.6 Å². The number of rotatable bonds is 3. The standard InChI is InChI=1S/C19H27NO3/c1-17(2,3)23-16(22)20-18(13-15-7-5-4-6-8-15)9-11-19(20,14-21)12-10-18/h4-8,21H,9-14H2,1-3H3. The first kappa shape index (κ1) is 16.3. The molecule has 2 saturated heterocycles. The average molecular weight is 317 g/mol. The van der Waals surface area contributed by atoms with Crippen LogP contribution in [-0.2, 0) is 11.2 Å². The van der Waals surface area contributed by atoms with Gasteiger partial charge in [-0.1, -0.05) is 30.3 Å². The molecule has 1 amide bonds. The van der Waals surface area contributed by atoms with Crippen molar-refractivity contribution in [2.75, 3.05) is 6.61 Å². The van der Waals surface area contributed by atoms with Crippen LogP contribution in [0.25, 0.3) is 0 Å². The van der Waals surface area contributed by atoms with Crippen molar-refractivity contribution in [3.05, 3.63) is 35.9 Å². The highest BCUT2D eigenvalue weighted by Gasteiger charge is 2.62. The Bertz CT molecular complexity index is 568. The van der Waals surface area contributed by atoms with Gasteiger partial charge in [0.25, 0.3) is 0 Å². The van der Waals surface area contributed by atoms with Crippen LogP contribution in [0.3, 0.4) is 0 Å². The Morgan fingerprint density at radius 3 is 2.22 bits per heavy atom. The lowest BCUT2D eigenvalue weighted by molar-refractivity contribution is -0.0140. The minimum atomic E-state index is -0.524. The van der Waals surface area contributed by atoms with E-state index in [9.17, 15) is 9.90 Å². The number of fused-ring (bicyclic) bond motifs is 2. The second kappa shape index (κ2) is 5.52. The summed E-state index contributed by atoms with van der Waals surface area (Å²) in [6, 6.07) is 10.3. The van der Waals surface area contributed by atoms with Crippen LogP contribution in [0, 0.1) is 0 Å². The predicted octanol–water partition coefficient (Wildman–Crippen LogP) is 3.52. The lowest BCUT2D eigenvalue weighted by Crippen LogP contribution is -2.54. The summed E-state index contributed by atoms with van der Waals surface area (Å²) >= 11 is 0. The average Bonchev–Trinajstić information content (AvgIpc) is 2.97. The molecule has 4 heteroatoms. The van der Waals surface area contributed by atoms with Crippen LogP contribution in [-0.4, -0.2) is 39.4 Å². The van der Waals surface area contributed by atoms with E-state index in [0.717, 1.165) is 32.1 Å². The van der Waals surface area contributed by atoms with Crippen molar-refractivity contribution in [1.82, 2.24) is 4.90 Å². The van der Waals surface area contributed by atoms with Crippen molar-refractivity contribution in [1.29, 1.82) is 0 Å². The fraction of sp³-hybridized carbons (Fsp3) is 0.632. The van der Waals surface area contributed by atoms with E-state index in [1.807, 2.05) is 43.9 Å². The second-order valence-corrected chi connectivity index (χ2v) is 8.08. The molecule has 0 unspecified atom stereocenters. The van der Waals surface area contributed by atoms with Gasteiger partial charge in [-0.25, -0.2) is 4.79 Å². The third-order valence-electron chi connectivity index (χ3n) is 5.31. The van der Waals surface area contributed by atoms with Gasteiger partial charge in [0.1, 0.15) is 5.60 Å². The number of hydrogen-bond acceptors (Lipinski definition) is 3. The normalized spacial score (nSPS) is 29.8. The molecule has 2 heterocycles. The number of aliphatic hydroxyl groups is 1. The Kier molecular flexibility index (Phi) is 3.91. The summed E-state index contributed by atoms with van der Waals surface area (Å²) in [4.78, 5) is 14.8. The summed E-state index contributed by atoms with van der Waals surface area (Å²) in [5.41, 5.74) is 0.0597. The van der Waals surface area contributed by atoms with Gasteiger partial charge < -0.3 is 9.84 Å². The topological polar surface area (TPSA) is 49.8 Å². The number of aliphatic hydroxyl groups excluding tert-OH is 1. The van der Waals surface area contributed by atoms with Gasteiger partial charge in [-0.15, -0.1) is 0 Å². The Hall–Kier alpha value is -1.55. The molecule has 2 fully saturated rings. The molecule has 2 aliphatic heterocycles. The number of nitrogens with zero attached hydrogens (tertiary/aromatic N) is 1. The van der Waals surface area contributed by atoms with Gasteiger partial charge in [-0.05, 0) is 58.4 Å². The van der Waals surface area contributed by atoms with Crippen LogP contribution in [0.15, 0.2) is 30.3 Å². The molecule has 3 rings (SSSR count). The molecule has 0 aromatic heterocycles. The van der Waals surface area contributed by atoms with Crippen molar-refractivity contribution < 1.29 is 14.6 Å². The van der Waals surface area contributed by atoms with E-state index in [2.05, 4.69) is 12.1 Å². The Labute approximate surface area is 138 Å². The van der Waals surface area contributed by atoms with Crippen molar-refractivity contribution >= 4 is 6.09 Å². The lowest BCUT2D eigenvalue weighted by atomic mass is 9.79. The van der Waals surface area contributed by atoms with Crippen LogP contribution >= 0.6 is 0 Å². The maximum absolute atomic E-state index is 12.9. The van der Waals surface area contributed by atoms with Gasteiger partial charge in [-0.3, -0.25) is 4.90 Å². The summed E-state index contributed by atoms with van der Waals surface area (Å²) in [6.45, 7) is 5.68.